The zero-order valence-corrected chi connectivity index (χ0v) is 31.6. The average molecular weight is 742 g/mol. The SMILES string of the molecule is CN(C)CCCOc1ccc(-c2ccc(CC(NC(=O)C3CCC(CNC(=O)OC(C)(C)C)CC3)C(=O)Nc3ccc(-c4noc(=O)[nH]4)cc3)cc2)cn1. The standard InChI is InChI=1S/C40H51N7O7/c1-40(2,3)53-38(50)42-24-27-9-13-30(14-10-27)36(48)44-33(37(49)43-32-18-15-29(16-19-32)35-45-39(51)54-46-35)23-26-7-11-28(12-8-26)31-17-20-34(41-25-31)52-22-6-21-47(4)5/h7-8,11-12,15-20,25,27,30,33H,6,9-10,13-14,21-24H2,1-5H3,(H,42,50)(H,43,49)(H,44,48)(H,45,46,51). The van der Waals surface area contributed by atoms with E-state index in [-0.39, 0.29) is 35.9 Å². The number of carbonyl (C=O) groups is 3. The molecule has 288 valence electrons. The van der Waals surface area contributed by atoms with Crippen molar-refractivity contribution in [3.8, 4) is 28.4 Å². The molecular formula is C40H51N7O7. The Bertz CT molecular complexity index is 1870. The Balaban J connectivity index is 1.21. The van der Waals surface area contributed by atoms with Gasteiger partial charge >= 0.3 is 11.8 Å². The summed E-state index contributed by atoms with van der Waals surface area (Å²) in [4.78, 5) is 59.9. The summed E-state index contributed by atoms with van der Waals surface area (Å²) in [6.07, 6.45) is 5.35. The van der Waals surface area contributed by atoms with Crippen LogP contribution in [0.25, 0.3) is 22.5 Å². The number of hydrogen-bond acceptors (Lipinski definition) is 10. The number of aromatic nitrogens is 3. The van der Waals surface area contributed by atoms with Crippen molar-refractivity contribution >= 4 is 23.6 Å². The first-order valence-electron chi connectivity index (χ1n) is 18.4. The van der Waals surface area contributed by atoms with E-state index in [1.165, 1.54) is 0 Å². The molecule has 14 heteroatoms. The number of nitrogens with one attached hydrogen (secondary N) is 4. The maximum Gasteiger partial charge on any atom is 0.439 e. The topological polar surface area (TPSA) is 181 Å². The Morgan fingerprint density at radius 2 is 1.63 bits per heavy atom. The van der Waals surface area contributed by atoms with E-state index in [1.54, 1.807) is 30.5 Å². The van der Waals surface area contributed by atoms with E-state index in [0.29, 0.717) is 43.1 Å². The molecule has 54 heavy (non-hydrogen) atoms. The molecule has 4 aromatic rings. The third-order valence-corrected chi connectivity index (χ3v) is 9.11. The Hall–Kier alpha value is -5.50. The molecule has 2 heterocycles. The zero-order valence-electron chi connectivity index (χ0n) is 31.6. The van der Waals surface area contributed by atoms with E-state index in [4.69, 9.17) is 9.47 Å². The molecule has 3 amide bonds. The molecule has 1 aliphatic rings. The summed E-state index contributed by atoms with van der Waals surface area (Å²) in [6.45, 7) is 7.48. The highest BCUT2D eigenvalue weighted by atomic mass is 16.6. The molecule has 0 aliphatic heterocycles. The van der Waals surface area contributed by atoms with Crippen molar-refractivity contribution in [2.45, 2.75) is 70.9 Å². The molecule has 0 radical (unpaired) electrons. The van der Waals surface area contributed by atoms with Crippen molar-refractivity contribution in [1.29, 1.82) is 0 Å². The Morgan fingerprint density at radius 3 is 2.24 bits per heavy atom. The van der Waals surface area contributed by atoms with Crippen LogP contribution in [0.4, 0.5) is 10.5 Å². The van der Waals surface area contributed by atoms with Crippen LogP contribution in [0.1, 0.15) is 58.4 Å². The third kappa shape index (κ3) is 12.3. The Labute approximate surface area is 315 Å². The van der Waals surface area contributed by atoms with Gasteiger partial charge in [0.25, 0.3) is 0 Å². The van der Waals surface area contributed by atoms with E-state index >= 15 is 0 Å². The number of amides is 3. The van der Waals surface area contributed by atoms with Gasteiger partial charge in [-0.25, -0.2) is 14.6 Å². The number of carbonyl (C=O) groups excluding carboxylic acids is 3. The van der Waals surface area contributed by atoms with Crippen LogP contribution in [0.15, 0.2) is 76.2 Å². The van der Waals surface area contributed by atoms with Gasteiger partial charge in [-0.2, -0.15) is 0 Å². The van der Waals surface area contributed by atoms with Crippen LogP contribution < -0.4 is 26.4 Å². The molecule has 0 bridgehead atoms. The molecule has 1 saturated carbocycles. The maximum absolute atomic E-state index is 13.8. The fraction of sp³-hybridized carbons (Fsp3) is 0.450. The molecule has 4 N–H and O–H groups in total. The predicted octanol–water partition coefficient (Wildman–Crippen LogP) is 5.42. The summed E-state index contributed by atoms with van der Waals surface area (Å²) in [5.74, 6) is -0.363. The number of ether oxygens (including phenoxy) is 2. The largest absolute Gasteiger partial charge is 0.478 e. The quantitative estimate of drug-likeness (QED) is 0.115. The fourth-order valence-electron chi connectivity index (χ4n) is 6.23. The monoisotopic (exact) mass is 741 g/mol. The van der Waals surface area contributed by atoms with Gasteiger partial charge in [-0.05, 0) is 114 Å². The van der Waals surface area contributed by atoms with Crippen LogP contribution >= 0.6 is 0 Å². The summed E-state index contributed by atoms with van der Waals surface area (Å²) < 4.78 is 15.7. The highest BCUT2D eigenvalue weighted by Gasteiger charge is 2.30. The summed E-state index contributed by atoms with van der Waals surface area (Å²) in [6, 6.07) is 17.6. The normalized spacial score (nSPS) is 16.3. The number of hydrogen-bond donors (Lipinski definition) is 4. The lowest BCUT2D eigenvalue weighted by Crippen LogP contribution is -2.48. The van der Waals surface area contributed by atoms with Crippen LogP contribution in [0.5, 0.6) is 5.88 Å². The van der Waals surface area contributed by atoms with Gasteiger partial charge in [0, 0.05) is 54.5 Å². The molecule has 1 atom stereocenters. The number of rotatable bonds is 15. The first-order chi connectivity index (χ1) is 25.8. The second-order valence-corrected chi connectivity index (χ2v) is 15.0. The summed E-state index contributed by atoms with van der Waals surface area (Å²) in [7, 11) is 4.06. The van der Waals surface area contributed by atoms with E-state index in [9.17, 15) is 19.2 Å². The van der Waals surface area contributed by atoms with Gasteiger partial charge in [-0.1, -0.05) is 29.4 Å². The molecule has 0 spiro atoms. The lowest BCUT2D eigenvalue weighted by atomic mass is 9.81. The summed E-state index contributed by atoms with van der Waals surface area (Å²) >= 11 is 0. The Morgan fingerprint density at radius 1 is 0.944 bits per heavy atom. The van der Waals surface area contributed by atoms with Gasteiger partial charge in [0.2, 0.25) is 17.7 Å². The maximum atomic E-state index is 13.8. The minimum absolute atomic E-state index is 0.175. The number of nitrogens with zero attached hydrogens (tertiary/aromatic N) is 3. The molecule has 0 saturated heterocycles. The van der Waals surface area contributed by atoms with Crippen molar-refractivity contribution in [3.05, 3.63) is 83.0 Å². The minimum Gasteiger partial charge on any atom is -0.478 e. The van der Waals surface area contributed by atoms with E-state index < -0.39 is 23.5 Å². The van der Waals surface area contributed by atoms with E-state index in [0.717, 1.165) is 42.5 Å². The molecule has 5 rings (SSSR count). The number of anilines is 1. The van der Waals surface area contributed by atoms with E-state index in [1.807, 2.05) is 71.3 Å². The average Bonchev–Trinajstić information content (AvgIpc) is 3.58. The van der Waals surface area contributed by atoms with Crippen LogP contribution in [-0.4, -0.2) is 83.4 Å². The van der Waals surface area contributed by atoms with Crippen molar-refractivity contribution in [1.82, 2.24) is 30.7 Å². The van der Waals surface area contributed by atoms with Crippen molar-refractivity contribution in [2.75, 3.05) is 39.1 Å². The van der Waals surface area contributed by atoms with Crippen LogP contribution in [0.2, 0.25) is 0 Å². The lowest BCUT2D eigenvalue weighted by Gasteiger charge is -2.29. The smallest absolute Gasteiger partial charge is 0.439 e. The molecule has 14 nitrogen and oxygen atoms in total. The second-order valence-electron chi connectivity index (χ2n) is 15.0. The number of alkyl carbamates (subject to hydrolysis) is 1. The van der Waals surface area contributed by atoms with Gasteiger partial charge < -0.3 is 30.3 Å². The molecular weight excluding hydrogens is 690 g/mol. The van der Waals surface area contributed by atoms with E-state index in [2.05, 4.69) is 40.5 Å². The molecule has 1 fully saturated rings. The summed E-state index contributed by atoms with van der Waals surface area (Å²) in [5, 5.41) is 12.5. The number of H-pyrrole nitrogens is 1. The predicted molar refractivity (Wildman–Crippen MR) is 205 cm³/mol. The van der Waals surface area contributed by atoms with Crippen LogP contribution in [0.3, 0.4) is 0 Å². The number of pyridine rings is 1. The lowest BCUT2D eigenvalue weighted by molar-refractivity contribution is -0.130. The van der Waals surface area contributed by atoms with Crippen LogP contribution in [-0.2, 0) is 20.7 Å². The van der Waals surface area contributed by atoms with Gasteiger partial charge in [-0.15, -0.1) is 0 Å². The third-order valence-electron chi connectivity index (χ3n) is 9.11. The van der Waals surface area contributed by atoms with Crippen LogP contribution in [0, 0.1) is 11.8 Å². The van der Waals surface area contributed by atoms with Gasteiger partial charge in [-0.3, -0.25) is 19.1 Å². The summed E-state index contributed by atoms with van der Waals surface area (Å²) in [5.41, 5.74) is 3.31. The molecule has 1 aliphatic carbocycles. The van der Waals surface area contributed by atoms with Crippen molar-refractivity contribution < 1.29 is 28.4 Å². The molecule has 1 unspecified atom stereocenters. The molecule has 2 aromatic carbocycles. The minimum atomic E-state index is -0.855. The van der Waals surface area contributed by atoms with Crippen molar-refractivity contribution in [3.63, 3.8) is 0 Å². The highest BCUT2D eigenvalue weighted by Crippen LogP contribution is 2.29. The molecule has 2 aromatic heterocycles. The van der Waals surface area contributed by atoms with Crippen molar-refractivity contribution in [2.24, 2.45) is 11.8 Å². The first-order valence-corrected chi connectivity index (χ1v) is 18.4. The Kier molecular flexibility index (Phi) is 13.6. The highest BCUT2D eigenvalue weighted by molar-refractivity contribution is 5.97. The van der Waals surface area contributed by atoms with Gasteiger partial charge in [0.05, 0.1) is 6.61 Å². The van der Waals surface area contributed by atoms with Gasteiger partial charge in [0.15, 0.2) is 5.82 Å². The number of aromatic amines is 1. The zero-order chi connectivity index (χ0) is 38.7. The fourth-order valence-corrected chi connectivity index (χ4v) is 6.23. The number of benzene rings is 2. The first kappa shape index (κ1) is 39.7. The second kappa shape index (κ2) is 18.5. The van der Waals surface area contributed by atoms with Gasteiger partial charge in [0.1, 0.15) is 11.6 Å².